The molecule has 18 heavy (non-hydrogen) atoms. The molecule has 2 rings (SSSR count). The van der Waals surface area contributed by atoms with Gasteiger partial charge in [0.2, 0.25) is 0 Å². The van der Waals surface area contributed by atoms with Gasteiger partial charge in [-0.05, 0) is 43.2 Å². The minimum atomic E-state index is -0.863. The number of hydrogen-bond acceptors (Lipinski definition) is 3. The standard InChI is InChI=1S/C14H15NO2S/c1-9-3-4-10(2)12(7-9)15-8-11-5-6-13(18-11)14(16)17/h3-7,15H,8H2,1-2H3,(H,16,17). The van der Waals surface area contributed by atoms with Crippen molar-refractivity contribution in [2.45, 2.75) is 20.4 Å². The molecule has 1 aromatic carbocycles. The zero-order valence-corrected chi connectivity index (χ0v) is 11.2. The summed E-state index contributed by atoms with van der Waals surface area (Å²) in [7, 11) is 0. The lowest BCUT2D eigenvalue weighted by atomic mass is 10.1. The maximum absolute atomic E-state index is 10.8. The topological polar surface area (TPSA) is 49.3 Å². The highest BCUT2D eigenvalue weighted by Gasteiger charge is 2.07. The van der Waals surface area contributed by atoms with Gasteiger partial charge in [0, 0.05) is 17.1 Å². The monoisotopic (exact) mass is 261 g/mol. The summed E-state index contributed by atoms with van der Waals surface area (Å²) in [5.74, 6) is -0.863. The van der Waals surface area contributed by atoms with Gasteiger partial charge in [-0.15, -0.1) is 11.3 Å². The Bertz CT molecular complexity index is 575. The maximum atomic E-state index is 10.8. The van der Waals surface area contributed by atoms with E-state index < -0.39 is 5.97 Å². The van der Waals surface area contributed by atoms with Crippen molar-refractivity contribution in [3.63, 3.8) is 0 Å². The highest BCUT2D eigenvalue weighted by Crippen LogP contribution is 2.20. The van der Waals surface area contributed by atoms with Crippen LogP contribution in [0.5, 0.6) is 0 Å². The number of rotatable bonds is 4. The normalized spacial score (nSPS) is 10.3. The van der Waals surface area contributed by atoms with E-state index in [1.54, 1.807) is 6.07 Å². The largest absolute Gasteiger partial charge is 0.477 e. The number of benzene rings is 1. The molecule has 0 aliphatic rings. The average Bonchev–Trinajstić information content (AvgIpc) is 2.79. The molecule has 2 aromatic rings. The molecule has 0 radical (unpaired) electrons. The van der Waals surface area contributed by atoms with Crippen molar-refractivity contribution in [1.82, 2.24) is 0 Å². The van der Waals surface area contributed by atoms with Crippen molar-refractivity contribution in [3.05, 3.63) is 51.2 Å². The van der Waals surface area contributed by atoms with Gasteiger partial charge in [-0.3, -0.25) is 0 Å². The second kappa shape index (κ2) is 5.23. The van der Waals surface area contributed by atoms with Gasteiger partial charge >= 0.3 is 5.97 Å². The summed E-state index contributed by atoms with van der Waals surface area (Å²) in [5.41, 5.74) is 3.50. The number of aryl methyl sites for hydroxylation is 2. The SMILES string of the molecule is Cc1ccc(C)c(NCc2ccc(C(=O)O)s2)c1. The van der Waals surface area contributed by atoms with Crippen LogP contribution in [0, 0.1) is 13.8 Å². The molecule has 0 bridgehead atoms. The van der Waals surface area contributed by atoms with Crippen molar-refractivity contribution in [3.8, 4) is 0 Å². The molecule has 0 aliphatic heterocycles. The van der Waals surface area contributed by atoms with Crippen LogP contribution >= 0.6 is 11.3 Å². The molecule has 1 aromatic heterocycles. The third-order valence-electron chi connectivity index (χ3n) is 2.72. The molecule has 94 valence electrons. The number of thiophene rings is 1. The van der Waals surface area contributed by atoms with Crippen LogP contribution in [0.25, 0.3) is 0 Å². The average molecular weight is 261 g/mol. The fourth-order valence-corrected chi connectivity index (χ4v) is 2.48. The predicted molar refractivity (Wildman–Crippen MR) is 74.5 cm³/mol. The van der Waals surface area contributed by atoms with E-state index in [1.807, 2.05) is 6.07 Å². The van der Waals surface area contributed by atoms with Crippen LogP contribution in [-0.4, -0.2) is 11.1 Å². The van der Waals surface area contributed by atoms with Crippen molar-refractivity contribution in [2.75, 3.05) is 5.32 Å². The van der Waals surface area contributed by atoms with Gasteiger partial charge in [0.1, 0.15) is 4.88 Å². The van der Waals surface area contributed by atoms with Gasteiger partial charge < -0.3 is 10.4 Å². The Morgan fingerprint density at radius 1 is 1.28 bits per heavy atom. The van der Waals surface area contributed by atoms with E-state index in [0.717, 1.165) is 10.6 Å². The smallest absolute Gasteiger partial charge is 0.345 e. The molecule has 4 heteroatoms. The molecular formula is C14H15NO2S. The van der Waals surface area contributed by atoms with E-state index in [9.17, 15) is 4.79 Å². The van der Waals surface area contributed by atoms with E-state index in [4.69, 9.17) is 5.11 Å². The molecule has 0 saturated heterocycles. The first kappa shape index (κ1) is 12.6. The van der Waals surface area contributed by atoms with Crippen LogP contribution in [0.15, 0.2) is 30.3 Å². The number of aromatic carboxylic acids is 1. The number of carboxylic acid groups (broad SMARTS) is 1. The minimum absolute atomic E-state index is 0.382. The van der Waals surface area contributed by atoms with Crippen LogP contribution in [-0.2, 0) is 6.54 Å². The predicted octanol–water partition coefficient (Wildman–Crippen LogP) is 3.68. The molecule has 0 unspecified atom stereocenters. The molecule has 0 fully saturated rings. The molecule has 0 aliphatic carbocycles. The number of carbonyl (C=O) groups is 1. The van der Waals surface area contributed by atoms with Crippen LogP contribution in [0.4, 0.5) is 5.69 Å². The van der Waals surface area contributed by atoms with Crippen LogP contribution in [0.2, 0.25) is 0 Å². The van der Waals surface area contributed by atoms with E-state index in [-0.39, 0.29) is 0 Å². The summed E-state index contributed by atoms with van der Waals surface area (Å²) in [6, 6.07) is 9.75. The lowest BCUT2D eigenvalue weighted by Crippen LogP contribution is -1.99. The molecule has 0 saturated carbocycles. The lowest BCUT2D eigenvalue weighted by molar-refractivity contribution is 0.0702. The summed E-state index contributed by atoms with van der Waals surface area (Å²) in [6.07, 6.45) is 0. The van der Waals surface area contributed by atoms with E-state index in [0.29, 0.717) is 11.4 Å². The fourth-order valence-electron chi connectivity index (χ4n) is 1.70. The van der Waals surface area contributed by atoms with Gasteiger partial charge in [0.05, 0.1) is 0 Å². The highest BCUT2D eigenvalue weighted by molar-refractivity contribution is 7.13. The maximum Gasteiger partial charge on any atom is 0.345 e. The van der Waals surface area contributed by atoms with Crippen LogP contribution < -0.4 is 5.32 Å². The minimum Gasteiger partial charge on any atom is -0.477 e. The first-order chi connectivity index (χ1) is 8.56. The molecule has 1 heterocycles. The highest BCUT2D eigenvalue weighted by atomic mass is 32.1. The Kier molecular flexibility index (Phi) is 3.67. The van der Waals surface area contributed by atoms with Crippen molar-refractivity contribution in [1.29, 1.82) is 0 Å². The second-order valence-electron chi connectivity index (χ2n) is 4.24. The van der Waals surface area contributed by atoms with Gasteiger partial charge in [-0.1, -0.05) is 12.1 Å². The summed E-state index contributed by atoms with van der Waals surface area (Å²) in [5, 5.41) is 12.2. The van der Waals surface area contributed by atoms with Gasteiger partial charge in [0.15, 0.2) is 0 Å². The molecule has 0 amide bonds. The van der Waals surface area contributed by atoms with Crippen LogP contribution in [0.1, 0.15) is 25.7 Å². The first-order valence-corrected chi connectivity index (χ1v) is 6.51. The zero-order chi connectivity index (χ0) is 13.1. The Morgan fingerprint density at radius 3 is 2.72 bits per heavy atom. The summed E-state index contributed by atoms with van der Waals surface area (Å²) in [6.45, 7) is 4.76. The van der Waals surface area contributed by atoms with Gasteiger partial charge in [-0.2, -0.15) is 0 Å². The Hall–Kier alpha value is -1.81. The number of hydrogen-bond donors (Lipinski definition) is 2. The van der Waals surface area contributed by atoms with Gasteiger partial charge in [0.25, 0.3) is 0 Å². The third-order valence-corrected chi connectivity index (χ3v) is 3.79. The summed E-state index contributed by atoms with van der Waals surface area (Å²) < 4.78 is 0. The fraction of sp³-hybridized carbons (Fsp3) is 0.214. The number of anilines is 1. The van der Waals surface area contributed by atoms with E-state index in [2.05, 4.69) is 37.4 Å². The van der Waals surface area contributed by atoms with Gasteiger partial charge in [-0.25, -0.2) is 4.79 Å². The van der Waals surface area contributed by atoms with Crippen molar-refractivity contribution < 1.29 is 9.90 Å². The molecule has 2 N–H and O–H groups in total. The van der Waals surface area contributed by atoms with E-state index >= 15 is 0 Å². The molecule has 3 nitrogen and oxygen atoms in total. The van der Waals surface area contributed by atoms with Crippen molar-refractivity contribution in [2.24, 2.45) is 0 Å². The van der Waals surface area contributed by atoms with Crippen LogP contribution in [0.3, 0.4) is 0 Å². The lowest BCUT2D eigenvalue weighted by Gasteiger charge is -2.09. The number of carboxylic acids is 1. The van der Waals surface area contributed by atoms with E-state index in [1.165, 1.54) is 22.5 Å². The molecular weight excluding hydrogens is 246 g/mol. The Morgan fingerprint density at radius 2 is 2.06 bits per heavy atom. The quantitative estimate of drug-likeness (QED) is 0.882. The third kappa shape index (κ3) is 2.90. The summed E-state index contributed by atoms with van der Waals surface area (Å²) in [4.78, 5) is 12.2. The molecule has 0 atom stereocenters. The second-order valence-corrected chi connectivity index (χ2v) is 5.41. The summed E-state index contributed by atoms with van der Waals surface area (Å²) >= 11 is 1.31. The number of nitrogens with one attached hydrogen (secondary N) is 1. The zero-order valence-electron chi connectivity index (χ0n) is 10.4. The Balaban J connectivity index is 2.06. The first-order valence-electron chi connectivity index (χ1n) is 5.69. The Labute approximate surface area is 110 Å². The molecule has 0 spiro atoms. The van der Waals surface area contributed by atoms with Crippen molar-refractivity contribution >= 4 is 23.0 Å².